The first-order valence-electron chi connectivity index (χ1n) is 5.39. The van der Waals surface area contributed by atoms with Crippen LogP contribution in [0.5, 0.6) is 0 Å². The molecule has 0 unspecified atom stereocenters. The van der Waals surface area contributed by atoms with Gasteiger partial charge in [0.1, 0.15) is 0 Å². The maximum absolute atomic E-state index is 4.45. The molecule has 4 nitrogen and oxygen atoms in total. The molecule has 1 N–H and O–H groups in total. The minimum Gasteiger partial charge on any atom is -0.353 e. The van der Waals surface area contributed by atoms with Gasteiger partial charge in [0.15, 0.2) is 5.65 Å². The normalized spacial score (nSPS) is 15.8. The Morgan fingerprint density at radius 2 is 2.40 bits per heavy atom. The Bertz CT molecular complexity index is 484. The van der Waals surface area contributed by atoms with Crippen molar-refractivity contribution in [2.24, 2.45) is 5.92 Å². The van der Waals surface area contributed by atoms with Crippen LogP contribution < -0.4 is 5.32 Å². The predicted octanol–water partition coefficient (Wildman–Crippen LogP) is 1.86. The topological polar surface area (TPSA) is 42.2 Å². The van der Waals surface area contributed by atoms with Crippen molar-refractivity contribution in [3.8, 4) is 0 Å². The molecule has 0 aromatic carbocycles. The second kappa shape index (κ2) is 3.22. The van der Waals surface area contributed by atoms with Gasteiger partial charge in [0.05, 0.1) is 0 Å². The van der Waals surface area contributed by atoms with Gasteiger partial charge in [-0.2, -0.15) is 4.98 Å². The Morgan fingerprint density at radius 1 is 1.53 bits per heavy atom. The van der Waals surface area contributed by atoms with Crippen molar-refractivity contribution in [1.29, 1.82) is 0 Å². The van der Waals surface area contributed by atoms with Crippen molar-refractivity contribution in [1.82, 2.24) is 14.6 Å². The standard InChI is InChI=1S/C11H14N4/c1-8-3-2-6-15-10(8)13-11(14-15)12-7-9-4-5-9/h2-3,6,9H,4-5,7H2,1H3,(H,12,14). The summed E-state index contributed by atoms with van der Waals surface area (Å²) in [6.07, 6.45) is 4.62. The molecule has 0 aliphatic heterocycles. The first-order valence-corrected chi connectivity index (χ1v) is 5.39. The number of aryl methyl sites for hydroxylation is 1. The van der Waals surface area contributed by atoms with E-state index in [1.165, 1.54) is 12.8 Å². The highest BCUT2D eigenvalue weighted by molar-refractivity contribution is 5.49. The molecule has 0 bridgehead atoms. The molecular formula is C11H14N4. The fourth-order valence-corrected chi connectivity index (χ4v) is 1.67. The molecule has 1 aliphatic rings. The van der Waals surface area contributed by atoms with Gasteiger partial charge >= 0.3 is 0 Å². The van der Waals surface area contributed by atoms with Gasteiger partial charge in [-0.3, -0.25) is 0 Å². The molecule has 78 valence electrons. The number of hydrogen-bond donors (Lipinski definition) is 1. The number of hydrogen-bond acceptors (Lipinski definition) is 3. The third-order valence-corrected chi connectivity index (χ3v) is 2.80. The summed E-state index contributed by atoms with van der Waals surface area (Å²) in [6, 6.07) is 4.04. The molecule has 1 saturated carbocycles. The molecule has 2 aromatic heterocycles. The number of nitrogens with one attached hydrogen (secondary N) is 1. The lowest BCUT2D eigenvalue weighted by Gasteiger charge is -1.96. The van der Waals surface area contributed by atoms with Crippen LogP contribution in [0.25, 0.3) is 5.65 Å². The average molecular weight is 202 g/mol. The van der Waals surface area contributed by atoms with E-state index in [0.29, 0.717) is 0 Å². The van der Waals surface area contributed by atoms with E-state index >= 15 is 0 Å². The molecule has 3 rings (SSSR count). The van der Waals surface area contributed by atoms with E-state index in [1.54, 1.807) is 0 Å². The minimum absolute atomic E-state index is 0.746. The number of anilines is 1. The lowest BCUT2D eigenvalue weighted by atomic mass is 10.3. The number of aromatic nitrogens is 3. The SMILES string of the molecule is Cc1cccn2nc(NCC3CC3)nc12. The summed E-state index contributed by atoms with van der Waals surface area (Å²) in [7, 11) is 0. The van der Waals surface area contributed by atoms with Crippen molar-refractivity contribution in [3.05, 3.63) is 23.9 Å². The Kier molecular flexibility index (Phi) is 1.87. The van der Waals surface area contributed by atoms with Crippen LogP contribution in [0.4, 0.5) is 5.95 Å². The largest absolute Gasteiger partial charge is 0.353 e. The molecule has 0 atom stereocenters. The number of pyridine rings is 1. The van der Waals surface area contributed by atoms with Gasteiger partial charge in [0, 0.05) is 12.7 Å². The predicted molar refractivity (Wildman–Crippen MR) is 58.9 cm³/mol. The second-order valence-corrected chi connectivity index (χ2v) is 4.22. The molecule has 15 heavy (non-hydrogen) atoms. The van der Waals surface area contributed by atoms with E-state index in [2.05, 4.69) is 28.4 Å². The first-order chi connectivity index (χ1) is 7.33. The van der Waals surface area contributed by atoms with E-state index in [-0.39, 0.29) is 0 Å². The van der Waals surface area contributed by atoms with E-state index in [4.69, 9.17) is 0 Å². The Morgan fingerprint density at radius 3 is 3.13 bits per heavy atom. The molecule has 0 spiro atoms. The summed E-state index contributed by atoms with van der Waals surface area (Å²) in [5.74, 6) is 1.59. The molecular weight excluding hydrogens is 188 g/mol. The first kappa shape index (κ1) is 8.71. The third kappa shape index (κ3) is 1.67. The second-order valence-electron chi connectivity index (χ2n) is 4.22. The molecule has 0 amide bonds. The zero-order valence-corrected chi connectivity index (χ0v) is 8.77. The number of fused-ring (bicyclic) bond motifs is 1. The van der Waals surface area contributed by atoms with Crippen molar-refractivity contribution >= 4 is 11.6 Å². The van der Waals surface area contributed by atoms with Crippen molar-refractivity contribution in [2.75, 3.05) is 11.9 Å². The molecule has 2 aromatic rings. The van der Waals surface area contributed by atoms with Crippen LogP contribution >= 0.6 is 0 Å². The monoisotopic (exact) mass is 202 g/mol. The van der Waals surface area contributed by atoms with E-state index in [1.807, 2.05) is 16.8 Å². The summed E-state index contributed by atoms with van der Waals surface area (Å²) >= 11 is 0. The smallest absolute Gasteiger partial charge is 0.243 e. The third-order valence-electron chi connectivity index (χ3n) is 2.80. The average Bonchev–Trinajstić information content (AvgIpc) is 2.95. The maximum atomic E-state index is 4.45. The highest BCUT2D eigenvalue weighted by Gasteiger charge is 2.21. The Hall–Kier alpha value is -1.58. The minimum atomic E-state index is 0.746. The lowest BCUT2D eigenvalue weighted by Crippen LogP contribution is -2.04. The van der Waals surface area contributed by atoms with Crippen LogP contribution in [0.2, 0.25) is 0 Å². The quantitative estimate of drug-likeness (QED) is 0.826. The summed E-state index contributed by atoms with van der Waals surface area (Å²) in [5.41, 5.74) is 2.10. The summed E-state index contributed by atoms with van der Waals surface area (Å²) < 4.78 is 1.82. The van der Waals surface area contributed by atoms with E-state index in [0.717, 1.165) is 29.6 Å². The molecule has 4 heteroatoms. The molecule has 1 fully saturated rings. The van der Waals surface area contributed by atoms with Gasteiger partial charge in [-0.05, 0) is 37.3 Å². The van der Waals surface area contributed by atoms with Gasteiger partial charge in [0.2, 0.25) is 5.95 Å². The van der Waals surface area contributed by atoms with E-state index < -0.39 is 0 Å². The molecule has 0 saturated heterocycles. The van der Waals surface area contributed by atoms with Gasteiger partial charge in [0.25, 0.3) is 0 Å². The Balaban J connectivity index is 1.88. The van der Waals surface area contributed by atoms with Crippen LogP contribution in [0.1, 0.15) is 18.4 Å². The zero-order chi connectivity index (χ0) is 10.3. The highest BCUT2D eigenvalue weighted by Crippen LogP contribution is 2.28. The number of rotatable bonds is 3. The van der Waals surface area contributed by atoms with Crippen LogP contribution in [0.15, 0.2) is 18.3 Å². The summed E-state index contributed by atoms with van der Waals surface area (Å²) in [5, 5.41) is 7.65. The Labute approximate surface area is 88.3 Å². The van der Waals surface area contributed by atoms with Gasteiger partial charge < -0.3 is 5.32 Å². The van der Waals surface area contributed by atoms with Crippen LogP contribution in [-0.4, -0.2) is 21.1 Å². The van der Waals surface area contributed by atoms with Crippen molar-refractivity contribution < 1.29 is 0 Å². The van der Waals surface area contributed by atoms with Gasteiger partial charge in [-0.25, -0.2) is 4.52 Å². The zero-order valence-electron chi connectivity index (χ0n) is 8.77. The lowest BCUT2D eigenvalue weighted by molar-refractivity contribution is 0.867. The highest BCUT2D eigenvalue weighted by atomic mass is 15.3. The van der Waals surface area contributed by atoms with Crippen LogP contribution in [0, 0.1) is 12.8 Å². The fraction of sp³-hybridized carbons (Fsp3) is 0.455. The van der Waals surface area contributed by atoms with Crippen LogP contribution in [-0.2, 0) is 0 Å². The van der Waals surface area contributed by atoms with Crippen LogP contribution in [0.3, 0.4) is 0 Å². The van der Waals surface area contributed by atoms with Gasteiger partial charge in [-0.1, -0.05) is 6.07 Å². The fourth-order valence-electron chi connectivity index (χ4n) is 1.67. The van der Waals surface area contributed by atoms with Crippen molar-refractivity contribution in [3.63, 3.8) is 0 Å². The summed E-state index contributed by atoms with van der Waals surface area (Å²) in [6.45, 7) is 3.06. The molecule has 1 aliphatic carbocycles. The maximum Gasteiger partial charge on any atom is 0.243 e. The summed E-state index contributed by atoms with van der Waals surface area (Å²) in [4.78, 5) is 4.45. The van der Waals surface area contributed by atoms with E-state index in [9.17, 15) is 0 Å². The molecule has 2 heterocycles. The molecule has 0 radical (unpaired) electrons. The van der Waals surface area contributed by atoms with Crippen molar-refractivity contribution in [2.45, 2.75) is 19.8 Å². The van der Waals surface area contributed by atoms with Gasteiger partial charge in [-0.15, -0.1) is 5.10 Å². The number of nitrogens with zero attached hydrogens (tertiary/aromatic N) is 3.